The fourth-order valence-corrected chi connectivity index (χ4v) is 17.5. The quantitative estimate of drug-likeness (QED) is 0.0324. The van der Waals surface area contributed by atoms with Crippen molar-refractivity contribution < 1.29 is 92.4 Å². The maximum Gasteiger partial charge on any atom is 0.407 e. The number of hydrogen-bond donors (Lipinski definition) is 6. The Morgan fingerprint density at radius 3 is 1.43 bits per heavy atom. The lowest BCUT2D eigenvalue weighted by molar-refractivity contribution is -0.141. The van der Waals surface area contributed by atoms with E-state index in [1.165, 1.54) is 9.80 Å². The number of alkyl carbamates (subject to hydrolysis) is 1. The zero-order valence-electron chi connectivity index (χ0n) is 63.4. The fourth-order valence-electron chi connectivity index (χ4n) is 14.7. The molecule has 2 saturated heterocycles. The number of amides is 7. The summed E-state index contributed by atoms with van der Waals surface area (Å²) in [5.41, 5.74) is 6.79. The summed E-state index contributed by atoms with van der Waals surface area (Å²) in [5, 5.41) is 8.50. The molecule has 2 unspecified atom stereocenters. The Morgan fingerprint density at radius 2 is 1.01 bits per heavy atom. The Kier molecular flexibility index (Phi) is 29.8. The van der Waals surface area contributed by atoms with Gasteiger partial charge in [0.2, 0.25) is 43.7 Å². The van der Waals surface area contributed by atoms with Crippen molar-refractivity contribution in [1.82, 2.24) is 45.2 Å². The summed E-state index contributed by atoms with van der Waals surface area (Å²) in [6.07, 6.45) is 14.5. The van der Waals surface area contributed by atoms with E-state index >= 15 is 0 Å². The number of aromatic nitrogens is 2. The molecule has 14 rings (SSSR count). The number of fused-ring (bicyclic) bond motifs is 6. The van der Waals surface area contributed by atoms with Crippen LogP contribution in [-0.2, 0) is 58.3 Å². The zero-order valence-corrected chi connectivity index (χ0v) is 67.4. The number of nitrogens with two attached hydrogens (primary N) is 1. The molecule has 7 amide bonds. The number of allylic oxidation sites excluding steroid dienone is 2. The van der Waals surface area contributed by atoms with Crippen molar-refractivity contribution in [2.24, 2.45) is 17.6 Å². The zero-order chi connectivity index (χ0) is 80.2. The summed E-state index contributed by atoms with van der Waals surface area (Å²) in [6, 6.07) is 29.7. The Morgan fingerprint density at radius 1 is 0.574 bits per heavy atom. The Balaban J connectivity index is 0.000000222. The van der Waals surface area contributed by atoms with Gasteiger partial charge in [-0.15, -0.1) is 24.8 Å². The third kappa shape index (κ3) is 21.8. The van der Waals surface area contributed by atoms with Gasteiger partial charge in [0.15, 0.2) is 0 Å². The van der Waals surface area contributed by atoms with E-state index in [9.17, 15) is 64.0 Å². The minimum absolute atomic E-state index is 0. The number of nitrogens with one attached hydrogen (secondary N) is 5. The van der Waals surface area contributed by atoms with E-state index in [-0.39, 0.29) is 88.4 Å². The lowest BCUT2D eigenvalue weighted by Gasteiger charge is -2.29. The van der Waals surface area contributed by atoms with E-state index in [1.54, 1.807) is 32.4 Å². The number of halogens is 5. The van der Waals surface area contributed by atoms with Gasteiger partial charge in [0, 0.05) is 82.4 Å². The number of sulfonamides is 2. The second-order valence-electron chi connectivity index (χ2n) is 29.4. The van der Waals surface area contributed by atoms with Crippen LogP contribution in [0.5, 0.6) is 23.0 Å². The first-order valence-corrected chi connectivity index (χ1v) is 41.6. The number of alkyl halides is 2. The highest BCUT2D eigenvalue weighted by molar-refractivity contribution is 7.91. The SMILES string of the molecule is COc1ccc2c(O[C@@H]3C[C@H]4C(=O)N[C@]5(C(=O)NS(=O)(=O)C6CC6)CC5/C=C\CCCCC[C@H](N)C(=O)N4C3)cc(-c3ccccc3)nc2c1.COc1ccc2c(O[C@@H]3C[C@H]4C(=O)N[C@]5(C(=O)NS(=O)(=O)C6CC6)CC5/C=C\CCCCC[C@H](NC(=O)OCCF)C(=O)N4C3)cc(-c3ccccc3)nc2c1.Cl.Cl.O=C(Cl)OCCF. The summed E-state index contributed by atoms with van der Waals surface area (Å²) in [5.74, 6) is -2.31. The number of pyridine rings is 2. The van der Waals surface area contributed by atoms with Crippen LogP contribution in [-0.4, -0.2) is 195 Å². The average Bonchev–Trinajstić information content (AvgIpc) is 1.58. The van der Waals surface area contributed by atoms with Gasteiger partial charge in [0.05, 0.1) is 66.3 Å². The van der Waals surface area contributed by atoms with Crippen LogP contribution in [0.3, 0.4) is 0 Å². The van der Waals surface area contributed by atoms with Crippen molar-refractivity contribution in [3.8, 4) is 45.5 Å². The summed E-state index contributed by atoms with van der Waals surface area (Å²) >= 11 is 4.63. The highest BCUT2D eigenvalue weighted by atomic mass is 35.5. The van der Waals surface area contributed by atoms with E-state index in [1.807, 2.05) is 115 Å². The van der Waals surface area contributed by atoms with E-state index in [0.29, 0.717) is 102 Å². The van der Waals surface area contributed by atoms with Gasteiger partial charge >= 0.3 is 11.5 Å². The number of hydrogen-bond acceptors (Lipinski definition) is 21. The minimum Gasteiger partial charge on any atom is -0.497 e. The van der Waals surface area contributed by atoms with Crippen LogP contribution in [0.15, 0.2) is 133 Å². The lowest BCUT2D eigenvalue weighted by Crippen LogP contribution is -2.58. The number of carbonyl (C=O) groups excluding carboxylic acids is 8. The van der Waals surface area contributed by atoms with Gasteiger partial charge in [0.1, 0.15) is 91.0 Å². The van der Waals surface area contributed by atoms with Crippen molar-refractivity contribution in [2.75, 3.05) is 53.9 Å². The topological polar surface area (TPSA) is 379 Å². The van der Waals surface area contributed by atoms with Crippen LogP contribution >= 0.6 is 36.4 Å². The van der Waals surface area contributed by atoms with Gasteiger partial charge in [-0.1, -0.05) is 111 Å². The van der Waals surface area contributed by atoms with Crippen LogP contribution in [0.1, 0.15) is 116 Å². The third-order valence-electron chi connectivity index (χ3n) is 21.3. The van der Waals surface area contributed by atoms with Crippen LogP contribution in [0.4, 0.5) is 18.4 Å². The van der Waals surface area contributed by atoms with Crippen molar-refractivity contribution in [2.45, 2.75) is 174 Å². The van der Waals surface area contributed by atoms with Gasteiger partial charge in [-0.3, -0.25) is 38.2 Å². The molecule has 6 aromatic rings. The van der Waals surface area contributed by atoms with Gasteiger partial charge in [-0.25, -0.2) is 45.2 Å². The molecule has 8 aliphatic rings. The molecule has 4 aliphatic carbocycles. The Labute approximate surface area is 682 Å². The molecule has 0 bridgehead atoms. The average molecular weight is 1690 g/mol. The van der Waals surface area contributed by atoms with Crippen LogP contribution in [0, 0.1) is 11.8 Å². The molecule has 115 heavy (non-hydrogen) atoms. The van der Waals surface area contributed by atoms with Crippen molar-refractivity contribution in [1.29, 1.82) is 0 Å². The highest BCUT2D eigenvalue weighted by Gasteiger charge is 2.64. The summed E-state index contributed by atoms with van der Waals surface area (Å²) < 4.78 is 113. The maximum absolute atomic E-state index is 14.5. The molecule has 2 aromatic heterocycles. The standard InChI is InChI=1S/C40H46FN5O9S.C37H43N5O7S.C3H4ClFO2.2ClH/c1-53-27-14-17-30-33(20-27)42-32(25-10-6-5-7-11-25)22-35(30)55-28-21-34-36(47)44-40(38(49)45-56(51,52)29-15-16-29)23-26(40)12-8-3-2-4-9-13-31(37(48)46(34)24-28)43-39(50)54-19-18-41;1-48-25-14-17-28-31(18-25)39-30(23-10-6-5-7-11-23)20-33(28)49-26-19-32-34(43)40-37(36(45)41-50(46,47)27-15-16-27)21-24(37)12-8-3-2-4-9-13-29(38)35(44)42(32)22-26;4-3(6)7-2-1-5;;/h5-8,10-12,14,17,20,22,26,28-29,31,34H,2-4,9,13,15-16,18-19,21,23-24H2,1H3,(H,43,50)(H,44,47)(H,45,49);5-8,10-12,14,17-18,20,24,26-27,29,32H,2-4,9,13,15-16,19,21-22,38H2,1H3,(H,40,43)(H,41,45);1-2H2;2*1H/b2*12-8-;;;/t26?,28-,31+,34+,40-;24?,26-,29+,32+,37-;;;/m11.../s1. The first-order valence-electron chi connectivity index (χ1n) is 38.1. The predicted octanol–water partition coefficient (Wildman–Crippen LogP) is 10.1. The number of rotatable bonds is 19. The molecule has 28 nitrogen and oxygen atoms in total. The molecule has 35 heteroatoms. The molecule has 4 aromatic carbocycles. The molecular formula is C80H95Cl3F2N10O18S2. The van der Waals surface area contributed by atoms with E-state index < -0.39 is 145 Å². The normalized spacial score (nSPS) is 25.4. The van der Waals surface area contributed by atoms with Crippen LogP contribution < -0.4 is 50.1 Å². The van der Waals surface area contributed by atoms with Crippen LogP contribution in [0.2, 0.25) is 0 Å². The van der Waals surface area contributed by atoms with Crippen molar-refractivity contribution >= 4 is 125 Å². The third-order valence-corrected chi connectivity index (χ3v) is 25.1. The number of nitrogens with zero attached hydrogens (tertiary/aromatic N) is 4. The number of carbonyl (C=O) groups is 8. The molecule has 0 radical (unpaired) electrons. The summed E-state index contributed by atoms with van der Waals surface area (Å²) in [6.45, 7) is -2.27. The predicted molar refractivity (Wildman–Crippen MR) is 429 cm³/mol. The largest absolute Gasteiger partial charge is 0.497 e. The molecule has 0 spiro atoms. The monoisotopic (exact) mass is 1690 g/mol. The van der Waals surface area contributed by atoms with Gasteiger partial charge in [-0.05, 0) is 101 Å². The molecule has 620 valence electrons. The molecular weight excluding hydrogens is 1600 g/mol. The van der Waals surface area contributed by atoms with Gasteiger partial charge in [0.25, 0.3) is 11.8 Å². The Hall–Kier alpha value is -9.47. The number of ether oxygens (including phenoxy) is 6. The fraction of sp³-hybridized carbons (Fsp3) is 0.475. The van der Waals surface area contributed by atoms with Crippen molar-refractivity contribution in [3.05, 3.63) is 133 Å². The molecule has 10 atom stereocenters. The lowest BCUT2D eigenvalue weighted by atomic mass is 10.0. The first-order chi connectivity index (χ1) is 54.4. The highest BCUT2D eigenvalue weighted by Crippen LogP contribution is 2.48. The first kappa shape index (κ1) is 87.9. The second-order valence-corrected chi connectivity index (χ2v) is 33.6. The maximum atomic E-state index is 14.5. The van der Waals surface area contributed by atoms with E-state index in [2.05, 4.69) is 41.7 Å². The van der Waals surface area contributed by atoms with E-state index in [4.69, 9.17) is 39.4 Å². The van der Waals surface area contributed by atoms with Gasteiger partial charge in [-0.2, -0.15) is 0 Å². The van der Waals surface area contributed by atoms with Gasteiger partial charge < -0.3 is 59.9 Å². The van der Waals surface area contributed by atoms with Crippen LogP contribution in [0.25, 0.3) is 44.3 Å². The Bertz CT molecular complexity index is 4830. The molecule has 4 saturated carbocycles. The number of methoxy groups -OCH3 is 2. The molecule has 4 aliphatic heterocycles. The minimum atomic E-state index is -3.92. The molecule has 6 heterocycles. The number of benzene rings is 4. The second kappa shape index (κ2) is 39.0. The molecule has 7 N–H and O–H groups in total. The summed E-state index contributed by atoms with van der Waals surface area (Å²) in [7, 11) is -4.61. The summed E-state index contributed by atoms with van der Waals surface area (Å²) in [4.78, 5) is 119. The smallest absolute Gasteiger partial charge is 0.407 e. The molecule has 6 fully saturated rings. The van der Waals surface area contributed by atoms with Crippen molar-refractivity contribution in [3.63, 3.8) is 0 Å². The van der Waals surface area contributed by atoms with E-state index in [0.717, 1.165) is 48.6 Å².